The normalized spacial score (nSPS) is 24.1. The molecule has 0 aromatic rings. The predicted molar refractivity (Wildman–Crippen MR) is 69.0 cm³/mol. The van der Waals surface area contributed by atoms with Crippen molar-refractivity contribution < 1.29 is 24.2 Å². The van der Waals surface area contributed by atoms with Crippen molar-refractivity contribution in [1.29, 1.82) is 0 Å². The molecule has 1 rings (SSSR count). The van der Waals surface area contributed by atoms with Crippen molar-refractivity contribution in [2.45, 2.75) is 51.2 Å². The van der Waals surface area contributed by atoms with Gasteiger partial charge in [0, 0.05) is 13.7 Å². The van der Waals surface area contributed by atoms with E-state index in [4.69, 9.17) is 9.47 Å². The van der Waals surface area contributed by atoms with E-state index in [0.717, 1.165) is 12.8 Å². The second-order valence-electron chi connectivity index (χ2n) is 5.86. The summed E-state index contributed by atoms with van der Waals surface area (Å²) in [4.78, 5) is 25.1. The number of nitrogens with zero attached hydrogens (tertiary/aromatic N) is 1. The third kappa shape index (κ3) is 3.59. The number of carbonyl (C=O) groups excluding carboxylic acids is 1. The van der Waals surface area contributed by atoms with Crippen LogP contribution in [0.4, 0.5) is 4.79 Å². The molecule has 0 radical (unpaired) electrons. The lowest BCUT2D eigenvalue weighted by Gasteiger charge is -2.43. The van der Waals surface area contributed by atoms with E-state index in [2.05, 4.69) is 0 Å². The highest BCUT2D eigenvalue weighted by atomic mass is 16.6. The molecule has 0 bridgehead atoms. The van der Waals surface area contributed by atoms with Crippen LogP contribution in [0.25, 0.3) is 0 Å². The number of ether oxygens (including phenoxy) is 2. The fourth-order valence-corrected chi connectivity index (χ4v) is 2.29. The van der Waals surface area contributed by atoms with Gasteiger partial charge in [0.15, 0.2) is 5.54 Å². The Morgan fingerprint density at radius 3 is 2.42 bits per heavy atom. The van der Waals surface area contributed by atoms with E-state index in [-0.39, 0.29) is 6.61 Å². The van der Waals surface area contributed by atoms with Gasteiger partial charge in [0.1, 0.15) is 5.60 Å². The van der Waals surface area contributed by atoms with Gasteiger partial charge in [0.05, 0.1) is 6.61 Å². The second-order valence-corrected chi connectivity index (χ2v) is 5.86. The Kier molecular flexibility index (Phi) is 4.79. The minimum atomic E-state index is -1.31. The molecular weight excluding hydrogens is 250 g/mol. The van der Waals surface area contributed by atoms with E-state index in [0.29, 0.717) is 13.0 Å². The van der Waals surface area contributed by atoms with Crippen LogP contribution < -0.4 is 0 Å². The molecule has 1 saturated heterocycles. The molecule has 6 nitrogen and oxygen atoms in total. The summed E-state index contributed by atoms with van der Waals surface area (Å²) in [6, 6.07) is 0. The Labute approximate surface area is 113 Å². The van der Waals surface area contributed by atoms with Gasteiger partial charge in [0.25, 0.3) is 0 Å². The Morgan fingerprint density at radius 1 is 1.32 bits per heavy atom. The summed E-state index contributed by atoms with van der Waals surface area (Å²) < 4.78 is 10.3. The van der Waals surface area contributed by atoms with Crippen molar-refractivity contribution in [3.05, 3.63) is 0 Å². The lowest BCUT2D eigenvalue weighted by atomic mass is 9.87. The highest BCUT2D eigenvalue weighted by molar-refractivity contribution is 5.85. The summed E-state index contributed by atoms with van der Waals surface area (Å²) in [7, 11) is 1.44. The number of carboxylic acid groups (broad SMARTS) is 1. The third-order valence-electron chi connectivity index (χ3n) is 3.13. The van der Waals surface area contributed by atoms with Crippen LogP contribution in [0.5, 0.6) is 0 Å². The van der Waals surface area contributed by atoms with Gasteiger partial charge in [-0.05, 0) is 40.0 Å². The fraction of sp³-hybridized carbons (Fsp3) is 0.846. The molecule has 0 unspecified atom stereocenters. The summed E-state index contributed by atoms with van der Waals surface area (Å²) >= 11 is 0. The van der Waals surface area contributed by atoms with Gasteiger partial charge < -0.3 is 14.6 Å². The van der Waals surface area contributed by atoms with Crippen LogP contribution in [0.15, 0.2) is 0 Å². The molecule has 19 heavy (non-hydrogen) atoms. The number of hydrogen-bond donors (Lipinski definition) is 1. The third-order valence-corrected chi connectivity index (χ3v) is 3.13. The topological polar surface area (TPSA) is 76.1 Å². The zero-order valence-corrected chi connectivity index (χ0v) is 12.1. The lowest BCUT2D eigenvalue weighted by molar-refractivity contribution is -0.158. The summed E-state index contributed by atoms with van der Waals surface area (Å²) in [6.45, 7) is 5.63. The molecule has 0 aliphatic carbocycles. The number of likely N-dealkylation sites (tertiary alicyclic amines) is 1. The van der Waals surface area contributed by atoms with E-state index in [1.54, 1.807) is 20.8 Å². The number of hydrogen-bond acceptors (Lipinski definition) is 4. The Morgan fingerprint density at radius 2 is 1.95 bits per heavy atom. The van der Waals surface area contributed by atoms with E-state index < -0.39 is 23.2 Å². The number of carbonyl (C=O) groups is 2. The van der Waals surface area contributed by atoms with Crippen LogP contribution in [0.2, 0.25) is 0 Å². The first-order chi connectivity index (χ1) is 8.73. The molecule has 1 aliphatic rings. The van der Waals surface area contributed by atoms with Gasteiger partial charge in [-0.2, -0.15) is 0 Å². The lowest BCUT2D eigenvalue weighted by Crippen LogP contribution is -2.62. The minimum Gasteiger partial charge on any atom is -0.479 e. The molecule has 1 fully saturated rings. The van der Waals surface area contributed by atoms with Crippen LogP contribution in [0, 0.1) is 0 Å². The highest BCUT2D eigenvalue weighted by Crippen LogP contribution is 2.30. The molecule has 1 heterocycles. The molecule has 0 spiro atoms. The molecule has 1 N–H and O–H groups in total. The maximum Gasteiger partial charge on any atom is 0.411 e. The summed E-state index contributed by atoms with van der Waals surface area (Å²) in [5, 5.41) is 9.51. The van der Waals surface area contributed by atoms with E-state index >= 15 is 0 Å². The van der Waals surface area contributed by atoms with Gasteiger partial charge in [-0.25, -0.2) is 9.59 Å². The molecule has 6 heteroatoms. The van der Waals surface area contributed by atoms with Crippen molar-refractivity contribution in [3.63, 3.8) is 0 Å². The number of aliphatic carboxylic acids is 1. The minimum absolute atomic E-state index is 0.0262. The molecule has 1 aliphatic heterocycles. The Balaban J connectivity index is 2.98. The summed E-state index contributed by atoms with van der Waals surface area (Å²) in [6.07, 6.45) is 1.33. The quantitative estimate of drug-likeness (QED) is 0.849. The number of methoxy groups -OCH3 is 1. The van der Waals surface area contributed by atoms with Crippen LogP contribution >= 0.6 is 0 Å². The van der Waals surface area contributed by atoms with Gasteiger partial charge in [-0.15, -0.1) is 0 Å². The van der Waals surface area contributed by atoms with Crippen molar-refractivity contribution >= 4 is 12.1 Å². The number of amides is 1. The summed E-state index contributed by atoms with van der Waals surface area (Å²) in [5.74, 6) is -1.04. The van der Waals surface area contributed by atoms with Gasteiger partial charge >= 0.3 is 12.1 Å². The van der Waals surface area contributed by atoms with Crippen molar-refractivity contribution in [2.24, 2.45) is 0 Å². The molecule has 0 saturated carbocycles. The van der Waals surface area contributed by atoms with Gasteiger partial charge in [-0.1, -0.05) is 0 Å². The van der Waals surface area contributed by atoms with Gasteiger partial charge in [0.2, 0.25) is 0 Å². The highest BCUT2D eigenvalue weighted by Gasteiger charge is 2.49. The first-order valence-electron chi connectivity index (χ1n) is 6.46. The maximum absolute atomic E-state index is 12.2. The van der Waals surface area contributed by atoms with Crippen LogP contribution in [0.1, 0.15) is 40.0 Å². The largest absolute Gasteiger partial charge is 0.479 e. The Hall–Kier alpha value is -1.30. The Bertz CT molecular complexity index is 345. The van der Waals surface area contributed by atoms with Crippen LogP contribution in [-0.4, -0.2) is 53.5 Å². The van der Waals surface area contributed by atoms with Crippen LogP contribution in [-0.2, 0) is 14.3 Å². The van der Waals surface area contributed by atoms with Crippen molar-refractivity contribution in [2.75, 3.05) is 20.3 Å². The van der Waals surface area contributed by atoms with E-state index in [1.165, 1.54) is 12.0 Å². The number of rotatable bonds is 3. The molecule has 110 valence electrons. The molecule has 0 aromatic carbocycles. The standard InChI is InChI=1S/C13H23NO5/c1-12(2,3)19-11(17)14-8-6-5-7-13(14,9-18-4)10(15)16/h5-9H2,1-4H3,(H,15,16)/t13-/m1/s1. The van der Waals surface area contributed by atoms with E-state index in [9.17, 15) is 14.7 Å². The number of carboxylic acids is 1. The smallest absolute Gasteiger partial charge is 0.411 e. The van der Waals surface area contributed by atoms with Crippen molar-refractivity contribution in [3.8, 4) is 0 Å². The number of piperidine rings is 1. The zero-order valence-electron chi connectivity index (χ0n) is 12.1. The maximum atomic E-state index is 12.2. The average molecular weight is 273 g/mol. The van der Waals surface area contributed by atoms with Crippen LogP contribution in [0.3, 0.4) is 0 Å². The molecule has 1 amide bonds. The average Bonchev–Trinajstić information content (AvgIpc) is 2.27. The van der Waals surface area contributed by atoms with Crippen molar-refractivity contribution in [1.82, 2.24) is 4.90 Å². The molecule has 1 atom stereocenters. The summed E-state index contributed by atoms with van der Waals surface area (Å²) in [5.41, 5.74) is -1.96. The first kappa shape index (κ1) is 15.8. The monoisotopic (exact) mass is 273 g/mol. The van der Waals surface area contributed by atoms with E-state index in [1.807, 2.05) is 0 Å². The first-order valence-corrected chi connectivity index (χ1v) is 6.46. The zero-order chi connectivity index (χ0) is 14.7. The second kappa shape index (κ2) is 5.77. The van der Waals surface area contributed by atoms with Gasteiger partial charge in [-0.3, -0.25) is 4.90 Å². The fourth-order valence-electron chi connectivity index (χ4n) is 2.29. The SMILES string of the molecule is COC[C@@]1(C(=O)O)CCCCN1C(=O)OC(C)(C)C. The molecular formula is C13H23NO5. The predicted octanol–water partition coefficient (Wildman–Crippen LogP) is 1.88. The molecule has 0 aromatic heterocycles.